The Bertz CT molecular complexity index is 1060. The number of aryl methyl sites for hydroxylation is 1. The SMILES string of the molecule is CC1CC1.CCn1c(-c2ccc(NS(C)=O)cc2)c(C#N)c2ccc(OC)cc21. The average molecular weight is 410 g/mol. The van der Waals surface area contributed by atoms with E-state index in [2.05, 4.69) is 29.2 Å². The molecule has 0 radical (unpaired) electrons. The van der Waals surface area contributed by atoms with Crippen molar-refractivity contribution in [1.82, 2.24) is 4.57 Å². The number of methoxy groups -OCH3 is 1. The summed E-state index contributed by atoms with van der Waals surface area (Å²) in [5.74, 6) is 1.85. The van der Waals surface area contributed by atoms with Gasteiger partial charge in [-0.1, -0.05) is 31.9 Å². The van der Waals surface area contributed by atoms with Crippen molar-refractivity contribution < 1.29 is 8.95 Å². The Morgan fingerprint density at radius 1 is 1.24 bits per heavy atom. The monoisotopic (exact) mass is 409 g/mol. The van der Waals surface area contributed by atoms with Crippen molar-refractivity contribution in [3.8, 4) is 23.1 Å². The third-order valence-corrected chi connectivity index (χ3v) is 5.51. The van der Waals surface area contributed by atoms with Crippen molar-refractivity contribution in [3.63, 3.8) is 0 Å². The van der Waals surface area contributed by atoms with Crippen LogP contribution in [0.1, 0.15) is 32.3 Å². The molecule has 4 rings (SSSR count). The minimum Gasteiger partial charge on any atom is -0.497 e. The van der Waals surface area contributed by atoms with Gasteiger partial charge in [0.1, 0.15) is 22.8 Å². The van der Waals surface area contributed by atoms with Gasteiger partial charge in [0.15, 0.2) is 0 Å². The summed E-state index contributed by atoms with van der Waals surface area (Å²) in [7, 11) is 0.518. The first-order chi connectivity index (χ1) is 14.0. The summed E-state index contributed by atoms with van der Waals surface area (Å²) in [4.78, 5) is 0. The van der Waals surface area contributed by atoms with Crippen LogP contribution in [0.3, 0.4) is 0 Å². The normalized spacial score (nSPS) is 13.9. The number of hydrogen-bond acceptors (Lipinski definition) is 3. The second-order valence-corrected chi connectivity index (χ2v) is 8.39. The summed E-state index contributed by atoms with van der Waals surface area (Å²) in [6.07, 6.45) is 4.56. The maximum absolute atomic E-state index is 11.3. The third-order valence-electron chi connectivity index (χ3n) is 4.99. The molecule has 29 heavy (non-hydrogen) atoms. The van der Waals surface area contributed by atoms with Gasteiger partial charge in [0.05, 0.1) is 23.9 Å². The summed E-state index contributed by atoms with van der Waals surface area (Å²) < 4.78 is 21.6. The van der Waals surface area contributed by atoms with Gasteiger partial charge in [0, 0.05) is 29.9 Å². The van der Waals surface area contributed by atoms with Crippen molar-refractivity contribution in [1.29, 1.82) is 5.26 Å². The number of hydrogen-bond donors (Lipinski definition) is 1. The van der Waals surface area contributed by atoms with E-state index in [9.17, 15) is 9.47 Å². The van der Waals surface area contributed by atoms with Gasteiger partial charge in [-0.15, -0.1) is 0 Å². The molecule has 2 aromatic carbocycles. The van der Waals surface area contributed by atoms with E-state index in [1.54, 1.807) is 13.4 Å². The van der Waals surface area contributed by atoms with Gasteiger partial charge in [-0.3, -0.25) is 0 Å². The molecule has 1 aromatic heterocycles. The van der Waals surface area contributed by atoms with Gasteiger partial charge in [-0.25, -0.2) is 4.21 Å². The van der Waals surface area contributed by atoms with Crippen LogP contribution in [0.25, 0.3) is 22.2 Å². The minimum atomic E-state index is -1.12. The number of nitriles is 1. The second kappa shape index (κ2) is 9.15. The van der Waals surface area contributed by atoms with Crippen LogP contribution in [0.5, 0.6) is 5.75 Å². The molecule has 3 aromatic rings. The Kier molecular flexibility index (Phi) is 6.60. The molecule has 1 N–H and O–H groups in total. The number of anilines is 1. The summed E-state index contributed by atoms with van der Waals surface area (Å²) in [6, 6.07) is 15.7. The molecule has 0 bridgehead atoms. The number of nitrogens with zero attached hydrogens (tertiary/aromatic N) is 2. The molecule has 0 aliphatic heterocycles. The fourth-order valence-corrected chi connectivity index (χ4v) is 3.69. The fourth-order valence-electron chi connectivity index (χ4n) is 3.23. The molecule has 0 spiro atoms. The van der Waals surface area contributed by atoms with Crippen LogP contribution in [0.15, 0.2) is 42.5 Å². The molecule has 1 atom stereocenters. The highest BCUT2D eigenvalue weighted by Crippen LogP contribution is 2.35. The number of fused-ring (bicyclic) bond motifs is 1. The molecule has 0 amide bonds. The first kappa shape index (κ1) is 20.9. The maximum Gasteiger partial charge on any atom is 0.120 e. The van der Waals surface area contributed by atoms with Gasteiger partial charge in [-0.05, 0) is 42.7 Å². The van der Waals surface area contributed by atoms with E-state index >= 15 is 0 Å². The Balaban J connectivity index is 0.000000536. The highest BCUT2D eigenvalue weighted by Gasteiger charge is 2.18. The minimum absolute atomic E-state index is 0.652. The highest BCUT2D eigenvalue weighted by atomic mass is 32.2. The number of aromatic nitrogens is 1. The van der Waals surface area contributed by atoms with Crippen LogP contribution >= 0.6 is 0 Å². The van der Waals surface area contributed by atoms with Crippen LogP contribution in [-0.4, -0.2) is 22.1 Å². The Hall–Kier alpha value is -2.78. The molecule has 1 fully saturated rings. The third kappa shape index (κ3) is 4.80. The van der Waals surface area contributed by atoms with E-state index in [1.807, 2.05) is 42.5 Å². The fraction of sp³-hybridized carbons (Fsp3) is 0.348. The molecule has 152 valence electrons. The van der Waals surface area contributed by atoms with E-state index in [1.165, 1.54) is 12.8 Å². The lowest BCUT2D eigenvalue weighted by atomic mass is 10.1. The van der Waals surface area contributed by atoms with Crippen molar-refractivity contribution in [3.05, 3.63) is 48.0 Å². The largest absolute Gasteiger partial charge is 0.497 e. The summed E-state index contributed by atoms with van der Waals surface area (Å²) >= 11 is 0. The predicted molar refractivity (Wildman–Crippen MR) is 120 cm³/mol. The molecule has 1 unspecified atom stereocenters. The predicted octanol–water partition coefficient (Wildman–Crippen LogP) is 5.33. The maximum atomic E-state index is 11.3. The van der Waals surface area contributed by atoms with Gasteiger partial charge in [0.2, 0.25) is 0 Å². The van der Waals surface area contributed by atoms with E-state index < -0.39 is 11.0 Å². The Morgan fingerprint density at radius 3 is 2.38 bits per heavy atom. The summed E-state index contributed by atoms with van der Waals surface area (Å²) in [6.45, 7) is 5.07. The topological polar surface area (TPSA) is 67.0 Å². The summed E-state index contributed by atoms with van der Waals surface area (Å²) in [5, 5.41) is 10.7. The lowest BCUT2D eigenvalue weighted by Gasteiger charge is -2.10. The van der Waals surface area contributed by atoms with Gasteiger partial charge in [0.25, 0.3) is 0 Å². The smallest absolute Gasteiger partial charge is 0.120 e. The lowest BCUT2D eigenvalue weighted by Crippen LogP contribution is -2.01. The van der Waals surface area contributed by atoms with Gasteiger partial charge < -0.3 is 14.0 Å². The van der Waals surface area contributed by atoms with Crippen LogP contribution in [0.2, 0.25) is 0 Å². The van der Waals surface area contributed by atoms with Crippen molar-refractivity contribution in [2.45, 2.75) is 33.2 Å². The molecule has 1 aliphatic rings. The number of ether oxygens (including phenoxy) is 1. The van der Waals surface area contributed by atoms with E-state index in [4.69, 9.17) is 4.74 Å². The molecule has 1 saturated carbocycles. The highest BCUT2D eigenvalue weighted by molar-refractivity contribution is 7.85. The molecule has 6 heteroatoms. The standard InChI is InChI=1S/C19H19N3O2S.C4H8/c1-4-22-18-11-15(24-2)9-10-16(18)17(12-20)19(22)13-5-7-14(8-6-13)21-25(3)23;1-4-2-3-4/h5-11,21H,4H2,1-3H3;4H,2-3H2,1H3. The average Bonchev–Trinajstić information content (AvgIpc) is 3.44. The summed E-state index contributed by atoms with van der Waals surface area (Å²) in [5.41, 5.74) is 4.24. The molecular formula is C23H27N3O2S. The number of rotatable bonds is 5. The lowest BCUT2D eigenvalue weighted by molar-refractivity contribution is 0.415. The zero-order valence-electron chi connectivity index (χ0n) is 17.4. The first-order valence-electron chi connectivity index (χ1n) is 9.79. The molecule has 5 nitrogen and oxygen atoms in total. The molecule has 0 saturated heterocycles. The zero-order chi connectivity index (χ0) is 21.0. The van der Waals surface area contributed by atoms with Crippen LogP contribution in [-0.2, 0) is 17.5 Å². The van der Waals surface area contributed by atoms with Crippen molar-refractivity contribution in [2.24, 2.45) is 5.92 Å². The van der Waals surface area contributed by atoms with Gasteiger partial charge >= 0.3 is 0 Å². The quantitative estimate of drug-likeness (QED) is 0.619. The van der Waals surface area contributed by atoms with Crippen molar-refractivity contribution >= 4 is 27.6 Å². The number of benzene rings is 2. The number of nitrogens with one attached hydrogen (secondary N) is 1. The van der Waals surface area contributed by atoms with E-state index in [0.29, 0.717) is 5.56 Å². The molecular weight excluding hydrogens is 382 g/mol. The van der Waals surface area contributed by atoms with Crippen LogP contribution in [0, 0.1) is 17.2 Å². The molecule has 1 heterocycles. The Labute approximate surface area is 174 Å². The molecule has 1 aliphatic carbocycles. The van der Waals surface area contributed by atoms with Crippen LogP contribution < -0.4 is 9.46 Å². The Morgan fingerprint density at radius 2 is 1.90 bits per heavy atom. The first-order valence-corrected chi connectivity index (χ1v) is 11.3. The van der Waals surface area contributed by atoms with E-state index in [0.717, 1.165) is 46.1 Å². The van der Waals surface area contributed by atoms with Crippen molar-refractivity contribution in [2.75, 3.05) is 18.1 Å². The van der Waals surface area contributed by atoms with Gasteiger partial charge in [-0.2, -0.15) is 5.26 Å². The zero-order valence-corrected chi connectivity index (χ0v) is 18.2. The van der Waals surface area contributed by atoms with E-state index in [-0.39, 0.29) is 0 Å². The van der Waals surface area contributed by atoms with Crippen LogP contribution in [0.4, 0.5) is 5.69 Å². The second-order valence-electron chi connectivity index (χ2n) is 7.28.